The van der Waals surface area contributed by atoms with E-state index < -0.39 is 0 Å². The van der Waals surface area contributed by atoms with E-state index in [-0.39, 0.29) is 11.8 Å². The van der Waals surface area contributed by atoms with Gasteiger partial charge in [0.1, 0.15) is 5.82 Å². The number of benzene rings is 2. The smallest absolute Gasteiger partial charge is 0.238 e. The Balaban J connectivity index is 1.28. The quantitative estimate of drug-likeness (QED) is 0.639. The molecule has 0 saturated carbocycles. The normalized spacial score (nSPS) is 15.2. The molecule has 4 rings (SSSR count). The number of imidazole rings is 1. The second-order valence-corrected chi connectivity index (χ2v) is 8.29. The number of carbonyl (C=O) groups is 2. The molecule has 2 aromatic carbocycles. The number of aromatic nitrogens is 2. The van der Waals surface area contributed by atoms with Gasteiger partial charge in [-0.05, 0) is 69.1 Å². The minimum absolute atomic E-state index is 0.0325. The number of likely N-dealkylation sites (tertiary alicyclic amines) is 1. The molecule has 7 nitrogen and oxygen atoms in total. The maximum atomic E-state index is 12.5. The second-order valence-electron chi connectivity index (χ2n) is 8.29. The Morgan fingerprint density at radius 3 is 2.48 bits per heavy atom. The van der Waals surface area contributed by atoms with Gasteiger partial charge in [-0.1, -0.05) is 18.2 Å². The summed E-state index contributed by atoms with van der Waals surface area (Å²) in [5, 5.41) is 5.66. The highest BCUT2D eigenvalue weighted by molar-refractivity contribution is 5.94. The number of aryl methyl sites for hydroxylation is 1. The van der Waals surface area contributed by atoms with Crippen LogP contribution in [0, 0.1) is 12.8 Å². The number of nitrogens with one attached hydrogen (secondary N) is 2. The van der Waals surface area contributed by atoms with Crippen molar-refractivity contribution in [3.63, 3.8) is 0 Å². The molecule has 0 bridgehead atoms. The number of piperidine rings is 1. The van der Waals surface area contributed by atoms with Crippen LogP contribution in [0.3, 0.4) is 0 Å². The second kappa shape index (κ2) is 9.31. The Labute approximate surface area is 182 Å². The van der Waals surface area contributed by atoms with Crippen LogP contribution >= 0.6 is 0 Å². The van der Waals surface area contributed by atoms with E-state index in [0.717, 1.165) is 43.8 Å². The van der Waals surface area contributed by atoms with Gasteiger partial charge in [0.25, 0.3) is 0 Å². The highest BCUT2D eigenvalue weighted by Crippen LogP contribution is 2.23. The van der Waals surface area contributed by atoms with Gasteiger partial charge in [-0.2, -0.15) is 0 Å². The molecule has 2 N–H and O–H groups in total. The monoisotopic (exact) mass is 419 g/mol. The molecule has 2 amide bonds. The van der Waals surface area contributed by atoms with Crippen LogP contribution in [-0.2, 0) is 16.1 Å². The van der Waals surface area contributed by atoms with Gasteiger partial charge in [0.15, 0.2) is 0 Å². The highest BCUT2D eigenvalue weighted by Gasteiger charge is 2.22. The van der Waals surface area contributed by atoms with E-state index in [0.29, 0.717) is 23.8 Å². The van der Waals surface area contributed by atoms with Crippen molar-refractivity contribution in [3.05, 3.63) is 54.4 Å². The average molecular weight is 420 g/mol. The molecule has 1 aliphatic rings. The highest BCUT2D eigenvalue weighted by atomic mass is 16.2. The first-order chi connectivity index (χ1) is 15.0. The van der Waals surface area contributed by atoms with Crippen LogP contribution in [0.25, 0.3) is 11.0 Å². The number of rotatable bonds is 6. The predicted molar refractivity (Wildman–Crippen MR) is 123 cm³/mol. The minimum Gasteiger partial charge on any atom is -0.328 e. The lowest BCUT2D eigenvalue weighted by atomic mass is 9.96. The first-order valence-corrected chi connectivity index (χ1v) is 10.8. The van der Waals surface area contributed by atoms with Gasteiger partial charge < -0.3 is 15.2 Å². The molecule has 1 aliphatic heterocycles. The lowest BCUT2D eigenvalue weighted by Crippen LogP contribution is -2.40. The van der Waals surface area contributed by atoms with Crippen molar-refractivity contribution in [2.75, 3.05) is 30.3 Å². The summed E-state index contributed by atoms with van der Waals surface area (Å²) in [6.45, 7) is 6.71. The molecule has 0 spiro atoms. The number of hydrogen-bond donors (Lipinski definition) is 2. The fourth-order valence-electron chi connectivity index (χ4n) is 4.29. The maximum absolute atomic E-state index is 12.5. The first kappa shape index (κ1) is 21.1. The standard InChI is InChI=1S/C24H29N5O2/c1-17-25-22-8-3-4-9-23(22)29(17)15-19-10-12-28(13-11-19)16-24(31)27-21-7-5-6-20(14-21)26-18(2)30/h3-9,14,19H,10-13,15-16H2,1-2H3,(H,26,30)(H,27,31). The number of hydrogen-bond acceptors (Lipinski definition) is 4. The molecule has 3 aromatic rings. The number of anilines is 2. The van der Waals surface area contributed by atoms with E-state index in [4.69, 9.17) is 0 Å². The van der Waals surface area contributed by atoms with Gasteiger partial charge in [-0.25, -0.2) is 4.98 Å². The molecule has 0 radical (unpaired) electrons. The fraction of sp³-hybridized carbons (Fsp3) is 0.375. The number of fused-ring (bicyclic) bond motifs is 1. The lowest BCUT2D eigenvalue weighted by Gasteiger charge is -2.31. The number of para-hydroxylation sites is 2. The van der Waals surface area contributed by atoms with Gasteiger partial charge >= 0.3 is 0 Å². The molecule has 0 unspecified atom stereocenters. The molecule has 7 heteroatoms. The van der Waals surface area contributed by atoms with E-state index in [1.807, 2.05) is 18.2 Å². The third-order valence-electron chi connectivity index (χ3n) is 5.83. The van der Waals surface area contributed by atoms with Crippen molar-refractivity contribution in [3.8, 4) is 0 Å². The number of nitrogens with zero attached hydrogens (tertiary/aromatic N) is 3. The van der Waals surface area contributed by atoms with Crippen molar-refractivity contribution in [1.29, 1.82) is 0 Å². The van der Waals surface area contributed by atoms with Crippen molar-refractivity contribution < 1.29 is 9.59 Å². The summed E-state index contributed by atoms with van der Waals surface area (Å²) in [5.74, 6) is 1.48. The topological polar surface area (TPSA) is 79.3 Å². The third kappa shape index (κ3) is 5.30. The predicted octanol–water partition coefficient (Wildman–Crippen LogP) is 3.65. The molecule has 1 fully saturated rings. The lowest BCUT2D eigenvalue weighted by molar-refractivity contribution is -0.117. The summed E-state index contributed by atoms with van der Waals surface area (Å²) in [5.41, 5.74) is 3.61. The van der Waals surface area contributed by atoms with Gasteiger partial charge in [0, 0.05) is 24.8 Å². The molecule has 1 saturated heterocycles. The number of amides is 2. The third-order valence-corrected chi connectivity index (χ3v) is 5.83. The van der Waals surface area contributed by atoms with E-state index in [9.17, 15) is 9.59 Å². The van der Waals surface area contributed by atoms with Crippen LogP contribution in [0.5, 0.6) is 0 Å². The average Bonchev–Trinajstić information content (AvgIpc) is 3.04. The zero-order valence-electron chi connectivity index (χ0n) is 18.1. The minimum atomic E-state index is -0.134. The Kier molecular flexibility index (Phi) is 6.32. The van der Waals surface area contributed by atoms with E-state index >= 15 is 0 Å². The van der Waals surface area contributed by atoms with Gasteiger partial charge in [-0.15, -0.1) is 0 Å². The summed E-state index contributed by atoms with van der Waals surface area (Å²) < 4.78 is 2.32. The summed E-state index contributed by atoms with van der Waals surface area (Å²) >= 11 is 0. The Morgan fingerprint density at radius 1 is 1.03 bits per heavy atom. The Hall–Kier alpha value is -3.19. The SMILES string of the molecule is CC(=O)Nc1cccc(NC(=O)CN2CCC(Cn3c(C)nc4ccccc43)CC2)c1. The maximum Gasteiger partial charge on any atom is 0.238 e. The van der Waals surface area contributed by atoms with E-state index in [1.54, 1.807) is 12.1 Å². The molecule has 162 valence electrons. The van der Waals surface area contributed by atoms with Crippen LogP contribution in [0.15, 0.2) is 48.5 Å². The first-order valence-electron chi connectivity index (χ1n) is 10.8. The van der Waals surface area contributed by atoms with Gasteiger partial charge in [-0.3, -0.25) is 14.5 Å². The van der Waals surface area contributed by atoms with Crippen molar-refractivity contribution in [2.45, 2.75) is 33.2 Å². The molecule has 0 atom stereocenters. The molecule has 1 aromatic heterocycles. The van der Waals surface area contributed by atoms with Crippen molar-refractivity contribution in [2.24, 2.45) is 5.92 Å². The van der Waals surface area contributed by atoms with Crippen LogP contribution in [-0.4, -0.2) is 45.9 Å². The van der Waals surface area contributed by atoms with Crippen LogP contribution in [0.2, 0.25) is 0 Å². The summed E-state index contributed by atoms with van der Waals surface area (Å²) in [4.78, 5) is 30.6. The zero-order valence-corrected chi connectivity index (χ0v) is 18.1. The van der Waals surface area contributed by atoms with Gasteiger partial charge in [0.2, 0.25) is 11.8 Å². The van der Waals surface area contributed by atoms with E-state index in [1.165, 1.54) is 12.4 Å². The fourth-order valence-corrected chi connectivity index (χ4v) is 4.29. The van der Waals surface area contributed by atoms with Gasteiger partial charge in [0.05, 0.1) is 17.6 Å². The van der Waals surface area contributed by atoms with Crippen LogP contribution < -0.4 is 10.6 Å². The summed E-state index contributed by atoms with van der Waals surface area (Å²) in [6.07, 6.45) is 2.13. The summed E-state index contributed by atoms with van der Waals surface area (Å²) in [7, 11) is 0. The van der Waals surface area contributed by atoms with Crippen molar-refractivity contribution in [1.82, 2.24) is 14.5 Å². The largest absolute Gasteiger partial charge is 0.328 e. The van der Waals surface area contributed by atoms with Crippen LogP contribution in [0.1, 0.15) is 25.6 Å². The van der Waals surface area contributed by atoms with Crippen LogP contribution in [0.4, 0.5) is 11.4 Å². The molecule has 0 aliphatic carbocycles. The Bertz CT molecular complexity index is 1080. The molecule has 31 heavy (non-hydrogen) atoms. The summed E-state index contributed by atoms with van der Waals surface area (Å²) in [6, 6.07) is 15.5. The molecular formula is C24H29N5O2. The zero-order chi connectivity index (χ0) is 21.8. The van der Waals surface area contributed by atoms with E-state index in [2.05, 4.69) is 50.2 Å². The Morgan fingerprint density at radius 2 is 1.74 bits per heavy atom. The molecular weight excluding hydrogens is 390 g/mol. The van der Waals surface area contributed by atoms with Crippen molar-refractivity contribution >= 4 is 34.2 Å². The number of carbonyl (C=O) groups excluding carboxylic acids is 2. The molecule has 2 heterocycles.